The van der Waals surface area contributed by atoms with E-state index >= 15 is 0 Å². The summed E-state index contributed by atoms with van der Waals surface area (Å²) in [5, 5.41) is 0.605. The number of rotatable bonds is 2. The highest BCUT2D eigenvalue weighted by molar-refractivity contribution is 9.10. The van der Waals surface area contributed by atoms with E-state index in [0.29, 0.717) is 10.7 Å². The Bertz CT molecular complexity index is 1040. The first-order chi connectivity index (χ1) is 11.6. The van der Waals surface area contributed by atoms with Crippen molar-refractivity contribution >= 4 is 51.1 Å². The number of benzene rings is 1. The molecule has 2 aromatic heterocycles. The average molecular weight is 403 g/mol. The lowest BCUT2D eigenvalue weighted by Crippen LogP contribution is -2.05. The van der Waals surface area contributed by atoms with Crippen LogP contribution in [0.3, 0.4) is 0 Å². The average Bonchev–Trinajstić information content (AvgIpc) is 3.11. The number of fused-ring (bicyclic) bond motifs is 1. The van der Waals surface area contributed by atoms with Crippen LogP contribution in [0.2, 0.25) is 5.02 Å². The molecule has 5 nitrogen and oxygen atoms in total. The molecule has 0 saturated heterocycles. The van der Waals surface area contributed by atoms with Gasteiger partial charge in [-0.1, -0.05) is 23.7 Å². The number of cyclic esters (lactones) is 1. The highest BCUT2D eigenvalue weighted by atomic mass is 79.9. The number of hydrogen-bond donors (Lipinski definition) is 0. The minimum atomic E-state index is -0.504. The molecule has 0 amide bonds. The number of aliphatic imine (C=N–C) groups is 1. The van der Waals surface area contributed by atoms with E-state index in [1.54, 1.807) is 35.0 Å². The van der Waals surface area contributed by atoms with E-state index in [-0.39, 0.29) is 11.6 Å². The Kier molecular flexibility index (Phi) is 3.70. The maximum absolute atomic E-state index is 12.1. The van der Waals surface area contributed by atoms with Gasteiger partial charge in [0.15, 0.2) is 5.70 Å². The fourth-order valence-electron chi connectivity index (χ4n) is 2.35. The van der Waals surface area contributed by atoms with E-state index in [9.17, 15) is 4.79 Å². The van der Waals surface area contributed by atoms with Crippen LogP contribution >= 0.6 is 27.5 Å². The fourth-order valence-corrected chi connectivity index (χ4v) is 2.98. The molecule has 0 spiro atoms. The van der Waals surface area contributed by atoms with Crippen LogP contribution in [-0.4, -0.2) is 21.3 Å². The molecular formula is C17H9BrClN3O2. The number of esters is 1. The van der Waals surface area contributed by atoms with E-state index in [1.807, 2.05) is 24.3 Å². The van der Waals surface area contributed by atoms with E-state index in [0.717, 1.165) is 15.7 Å². The van der Waals surface area contributed by atoms with Crippen LogP contribution in [0.5, 0.6) is 0 Å². The van der Waals surface area contributed by atoms with Gasteiger partial charge in [0.1, 0.15) is 5.65 Å². The van der Waals surface area contributed by atoms with Crippen molar-refractivity contribution in [2.24, 2.45) is 4.99 Å². The predicted molar refractivity (Wildman–Crippen MR) is 95.0 cm³/mol. The number of ether oxygens (including phenoxy) is 1. The van der Waals surface area contributed by atoms with Crippen molar-refractivity contribution < 1.29 is 9.53 Å². The third kappa shape index (κ3) is 2.74. The third-order valence-corrected chi connectivity index (χ3v) is 4.36. The Hall–Kier alpha value is -2.44. The lowest BCUT2D eigenvalue weighted by molar-refractivity contribution is -0.129. The molecule has 118 valence electrons. The monoisotopic (exact) mass is 401 g/mol. The van der Waals surface area contributed by atoms with Crippen molar-refractivity contribution in [2.45, 2.75) is 0 Å². The number of imidazole rings is 1. The summed E-state index contributed by atoms with van der Waals surface area (Å²) < 4.78 is 7.85. The number of aromatic nitrogens is 2. The van der Waals surface area contributed by atoms with Crippen LogP contribution in [0, 0.1) is 0 Å². The molecule has 7 heteroatoms. The van der Waals surface area contributed by atoms with Gasteiger partial charge in [-0.25, -0.2) is 14.8 Å². The van der Waals surface area contributed by atoms with Crippen molar-refractivity contribution in [1.82, 2.24) is 9.38 Å². The molecule has 0 bridgehead atoms. The summed E-state index contributed by atoms with van der Waals surface area (Å²) in [5.74, 6) is -0.235. The standard InChI is InChI=1S/C17H9BrClN3O2/c18-13-4-2-1-3-12(13)16-21-14(17(23)24-16)7-11-9-22-8-10(19)5-6-15(22)20-11/h1-9H. The van der Waals surface area contributed by atoms with Gasteiger partial charge >= 0.3 is 5.97 Å². The van der Waals surface area contributed by atoms with Crippen LogP contribution in [-0.2, 0) is 9.53 Å². The Morgan fingerprint density at radius 3 is 2.83 bits per heavy atom. The number of carbonyl (C=O) groups excluding carboxylic acids is 1. The molecule has 0 atom stereocenters. The molecule has 0 radical (unpaired) electrons. The van der Waals surface area contributed by atoms with Crippen molar-refractivity contribution in [3.63, 3.8) is 0 Å². The summed E-state index contributed by atoms with van der Waals surface area (Å²) in [6.07, 6.45) is 5.11. The van der Waals surface area contributed by atoms with E-state index in [4.69, 9.17) is 16.3 Å². The second kappa shape index (κ2) is 5.89. The second-order valence-corrected chi connectivity index (χ2v) is 6.39. The first-order valence-electron chi connectivity index (χ1n) is 7.02. The lowest BCUT2D eigenvalue weighted by atomic mass is 10.2. The predicted octanol–water partition coefficient (Wildman–Crippen LogP) is 4.09. The summed E-state index contributed by atoms with van der Waals surface area (Å²) in [6, 6.07) is 11.0. The Labute approximate surface area is 150 Å². The van der Waals surface area contributed by atoms with Gasteiger partial charge in [0.05, 0.1) is 16.3 Å². The second-order valence-electron chi connectivity index (χ2n) is 5.09. The Morgan fingerprint density at radius 1 is 1.17 bits per heavy atom. The summed E-state index contributed by atoms with van der Waals surface area (Å²) >= 11 is 9.38. The van der Waals surface area contributed by atoms with Crippen molar-refractivity contribution in [3.8, 4) is 0 Å². The molecule has 0 N–H and O–H groups in total. The highest BCUT2D eigenvalue weighted by Gasteiger charge is 2.25. The van der Waals surface area contributed by atoms with Crippen LogP contribution in [0.15, 0.2) is 64.0 Å². The highest BCUT2D eigenvalue weighted by Crippen LogP contribution is 2.24. The number of halogens is 2. The fraction of sp³-hybridized carbons (Fsp3) is 0. The van der Waals surface area contributed by atoms with Crippen molar-refractivity contribution in [3.05, 3.63) is 75.2 Å². The lowest BCUT2D eigenvalue weighted by Gasteiger charge is -2.01. The Balaban J connectivity index is 1.73. The summed E-state index contributed by atoms with van der Waals surface area (Å²) in [4.78, 5) is 20.8. The van der Waals surface area contributed by atoms with Gasteiger partial charge in [0, 0.05) is 16.9 Å². The van der Waals surface area contributed by atoms with Gasteiger partial charge in [0.2, 0.25) is 5.90 Å². The molecule has 1 aliphatic rings. The SMILES string of the molecule is O=C1OC(c2ccccc2Br)=NC1=Cc1cn2cc(Cl)ccc2n1. The molecular weight excluding hydrogens is 394 g/mol. The normalized spacial score (nSPS) is 15.8. The number of carbonyl (C=O) groups is 1. The van der Waals surface area contributed by atoms with Gasteiger partial charge in [-0.15, -0.1) is 0 Å². The molecule has 1 aromatic carbocycles. The van der Waals surface area contributed by atoms with Crippen LogP contribution in [0.4, 0.5) is 0 Å². The van der Waals surface area contributed by atoms with Crippen LogP contribution in [0.25, 0.3) is 11.7 Å². The van der Waals surface area contributed by atoms with E-state index in [2.05, 4.69) is 25.9 Å². The third-order valence-electron chi connectivity index (χ3n) is 3.44. The van der Waals surface area contributed by atoms with Crippen molar-refractivity contribution in [1.29, 1.82) is 0 Å². The Morgan fingerprint density at radius 2 is 2.00 bits per heavy atom. The molecule has 0 saturated carbocycles. The van der Waals surface area contributed by atoms with E-state index < -0.39 is 5.97 Å². The van der Waals surface area contributed by atoms with Crippen LogP contribution < -0.4 is 0 Å². The molecule has 0 unspecified atom stereocenters. The topological polar surface area (TPSA) is 56.0 Å². The maximum Gasteiger partial charge on any atom is 0.363 e. The van der Waals surface area contributed by atoms with E-state index in [1.165, 1.54) is 0 Å². The largest absolute Gasteiger partial charge is 0.402 e. The minimum absolute atomic E-state index is 0.204. The summed E-state index contributed by atoms with van der Waals surface area (Å²) in [6.45, 7) is 0. The van der Waals surface area contributed by atoms with Gasteiger partial charge in [0.25, 0.3) is 0 Å². The van der Waals surface area contributed by atoms with Gasteiger partial charge in [-0.05, 0) is 46.3 Å². The number of nitrogens with zero attached hydrogens (tertiary/aromatic N) is 3. The zero-order chi connectivity index (χ0) is 16.7. The summed E-state index contributed by atoms with van der Waals surface area (Å²) in [7, 11) is 0. The van der Waals surface area contributed by atoms with Gasteiger partial charge in [-0.2, -0.15) is 0 Å². The molecule has 3 heterocycles. The molecule has 3 aromatic rings. The quantitative estimate of drug-likeness (QED) is 0.479. The first kappa shape index (κ1) is 15.1. The molecule has 4 rings (SSSR count). The smallest absolute Gasteiger partial charge is 0.363 e. The van der Waals surface area contributed by atoms with Gasteiger partial charge in [-0.3, -0.25) is 0 Å². The first-order valence-corrected chi connectivity index (χ1v) is 8.19. The van der Waals surface area contributed by atoms with Crippen molar-refractivity contribution in [2.75, 3.05) is 0 Å². The van der Waals surface area contributed by atoms with Gasteiger partial charge < -0.3 is 9.14 Å². The molecule has 0 fully saturated rings. The number of hydrogen-bond acceptors (Lipinski definition) is 4. The molecule has 1 aliphatic heterocycles. The number of pyridine rings is 1. The minimum Gasteiger partial charge on any atom is -0.402 e. The molecule has 24 heavy (non-hydrogen) atoms. The maximum atomic E-state index is 12.1. The van der Waals surface area contributed by atoms with Crippen LogP contribution in [0.1, 0.15) is 11.3 Å². The zero-order valence-corrected chi connectivity index (χ0v) is 14.5. The zero-order valence-electron chi connectivity index (χ0n) is 12.1. The molecule has 0 aliphatic carbocycles. The summed E-state index contributed by atoms with van der Waals surface area (Å²) in [5.41, 5.74) is 2.25.